The fourth-order valence-electron chi connectivity index (χ4n) is 0.268. The molecule has 0 rings (SSSR count). The van der Waals surface area contributed by atoms with Crippen LogP contribution in [-0.4, -0.2) is 12.3 Å². The molecule has 1 nitrogen and oxygen atoms in total. The minimum Gasteiger partial charge on any atom is -0.423 e. The van der Waals surface area contributed by atoms with Crippen molar-refractivity contribution in [3.8, 4) is 0 Å². The molecule has 0 unspecified atom stereocenters. The van der Waals surface area contributed by atoms with Gasteiger partial charge < -0.3 is 4.74 Å². The lowest BCUT2D eigenvalue weighted by Crippen LogP contribution is -2.26. The van der Waals surface area contributed by atoms with Gasteiger partial charge in [-0.1, -0.05) is 13.2 Å². The molecule has 0 aliphatic carbocycles. The van der Waals surface area contributed by atoms with Crippen LogP contribution < -0.4 is 0 Å². The van der Waals surface area contributed by atoms with Crippen molar-refractivity contribution in [1.82, 2.24) is 0 Å². The van der Waals surface area contributed by atoms with E-state index in [9.17, 15) is 26.3 Å². The van der Waals surface area contributed by atoms with Crippen LogP contribution in [-0.2, 0) is 4.74 Å². The summed E-state index contributed by atoms with van der Waals surface area (Å²) in [6.07, 6.45) is -9.86. The zero-order valence-electron chi connectivity index (χ0n) is 6.09. The normalized spacial score (nSPS) is 12.5. The topological polar surface area (TPSA) is 9.23 Å². The van der Waals surface area contributed by atoms with Crippen LogP contribution in [0.5, 0.6) is 0 Å². The predicted octanol–water partition coefficient (Wildman–Crippen LogP) is 3.16. The minimum atomic E-state index is -5.15. The summed E-state index contributed by atoms with van der Waals surface area (Å²) in [7, 11) is 0. The Morgan fingerprint density at radius 3 is 1.62 bits per heavy atom. The van der Waals surface area contributed by atoms with Crippen LogP contribution in [0.2, 0.25) is 0 Å². The number of hydrogen-bond donors (Lipinski definition) is 0. The van der Waals surface area contributed by atoms with Gasteiger partial charge in [-0.15, -0.1) is 0 Å². The van der Waals surface area contributed by atoms with E-state index in [0.717, 1.165) is 0 Å². The number of allylic oxidation sites excluding steroid dienone is 1. The Kier molecular flexibility index (Phi) is 3.02. The summed E-state index contributed by atoms with van der Waals surface area (Å²) >= 11 is 0. The predicted molar refractivity (Wildman–Crippen MR) is 31.5 cm³/mol. The number of alkyl halides is 5. The lowest BCUT2D eigenvalue weighted by Gasteiger charge is -2.18. The highest BCUT2D eigenvalue weighted by Crippen LogP contribution is 2.34. The second-order valence-corrected chi connectivity index (χ2v) is 1.94. The number of rotatable bonds is 3. The van der Waals surface area contributed by atoms with Gasteiger partial charge in [-0.25, -0.2) is 4.39 Å². The van der Waals surface area contributed by atoms with Crippen molar-refractivity contribution in [2.45, 2.75) is 12.3 Å². The van der Waals surface area contributed by atoms with Gasteiger partial charge in [0.15, 0.2) is 0 Å². The van der Waals surface area contributed by atoms with E-state index in [0.29, 0.717) is 0 Å². The van der Waals surface area contributed by atoms with Gasteiger partial charge in [0.1, 0.15) is 0 Å². The average Bonchev–Trinajstić information content (AvgIpc) is 1.83. The van der Waals surface area contributed by atoms with Gasteiger partial charge in [-0.3, -0.25) is 0 Å². The highest BCUT2D eigenvalue weighted by molar-refractivity contribution is 4.99. The molecule has 0 fully saturated rings. The lowest BCUT2D eigenvalue weighted by atomic mass is 10.5. The average molecular weight is 206 g/mol. The lowest BCUT2D eigenvalue weighted by molar-refractivity contribution is -0.237. The largest absolute Gasteiger partial charge is 0.453 e. The van der Waals surface area contributed by atoms with E-state index in [-0.39, 0.29) is 0 Å². The van der Waals surface area contributed by atoms with Gasteiger partial charge in [0, 0.05) is 0 Å². The third-order valence-electron chi connectivity index (χ3n) is 0.883. The van der Waals surface area contributed by atoms with E-state index in [4.69, 9.17) is 0 Å². The first-order chi connectivity index (χ1) is 5.57. The molecule has 0 bridgehead atoms. The maximum Gasteiger partial charge on any atom is 0.453 e. The van der Waals surface area contributed by atoms with Crippen molar-refractivity contribution in [1.29, 1.82) is 0 Å². The van der Waals surface area contributed by atoms with Gasteiger partial charge in [0.25, 0.3) is 0 Å². The van der Waals surface area contributed by atoms with Crippen LogP contribution in [0.15, 0.2) is 24.7 Å². The molecule has 0 saturated heterocycles. The van der Waals surface area contributed by atoms with Crippen LogP contribution in [0.25, 0.3) is 0 Å². The molecule has 7 heteroatoms. The summed E-state index contributed by atoms with van der Waals surface area (Å²) in [6.45, 7) is 4.27. The van der Waals surface area contributed by atoms with Crippen LogP contribution in [0, 0.1) is 0 Å². The summed E-state index contributed by atoms with van der Waals surface area (Å²) in [5, 5.41) is 0. The maximum atomic E-state index is 12.1. The van der Waals surface area contributed by atoms with Gasteiger partial charge in [0.2, 0.25) is 11.6 Å². The molecule has 13 heavy (non-hydrogen) atoms. The monoisotopic (exact) mass is 206 g/mol. The van der Waals surface area contributed by atoms with E-state index < -0.39 is 23.9 Å². The molecular weight excluding hydrogens is 202 g/mol. The zero-order valence-corrected chi connectivity index (χ0v) is 6.09. The van der Waals surface area contributed by atoms with E-state index in [2.05, 4.69) is 17.9 Å². The van der Waals surface area contributed by atoms with E-state index in [1.165, 1.54) is 0 Å². The quantitative estimate of drug-likeness (QED) is 0.509. The number of halogens is 6. The molecule has 0 aromatic heterocycles. The Morgan fingerprint density at radius 2 is 1.38 bits per heavy atom. The van der Waals surface area contributed by atoms with E-state index in [1.54, 1.807) is 0 Å². The summed E-state index contributed by atoms with van der Waals surface area (Å²) in [6, 6.07) is 0. The molecule has 76 valence electrons. The van der Waals surface area contributed by atoms with Crippen LogP contribution in [0.3, 0.4) is 0 Å². The second kappa shape index (κ2) is 3.31. The standard InChI is InChI=1S/C6H4F6O/c1-3(7)6(11,12)13-4(2)5(8,9)10/h1-2H2. The highest BCUT2D eigenvalue weighted by atomic mass is 19.4. The van der Waals surface area contributed by atoms with E-state index in [1.807, 2.05) is 0 Å². The van der Waals surface area contributed by atoms with E-state index >= 15 is 0 Å². The molecule has 0 heterocycles. The smallest absolute Gasteiger partial charge is 0.423 e. The molecule has 0 N–H and O–H groups in total. The highest BCUT2D eigenvalue weighted by Gasteiger charge is 2.44. The second-order valence-electron chi connectivity index (χ2n) is 1.94. The number of hydrogen-bond acceptors (Lipinski definition) is 1. The first-order valence-corrected chi connectivity index (χ1v) is 2.75. The SMILES string of the molecule is C=C(OC(F)(F)C(=C)F)C(F)(F)F. The molecule has 0 spiro atoms. The number of ether oxygens (including phenoxy) is 1. The summed E-state index contributed by atoms with van der Waals surface area (Å²) in [5.74, 6) is -4.51. The Bertz CT molecular complexity index is 228. The van der Waals surface area contributed by atoms with Gasteiger partial charge in [0.05, 0.1) is 0 Å². The molecule has 0 aromatic carbocycles. The van der Waals surface area contributed by atoms with Crippen molar-refractivity contribution in [3.05, 3.63) is 24.7 Å². The van der Waals surface area contributed by atoms with Crippen molar-refractivity contribution in [2.75, 3.05) is 0 Å². The maximum absolute atomic E-state index is 12.1. The van der Waals surface area contributed by atoms with Crippen LogP contribution >= 0.6 is 0 Å². The van der Waals surface area contributed by atoms with Crippen LogP contribution in [0.4, 0.5) is 26.3 Å². The summed E-state index contributed by atoms with van der Waals surface area (Å²) in [5.41, 5.74) is 0. The Balaban J connectivity index is 4.47. The molecule has 0 radical (unpaired) electrons. The van der Waals surface area contributed by atoms with Crippen LogP contribution in [0.1, 0.15) is 0 Å². The fraction of sp³-hybridized carbons (Fsp3) is 0.333. The first-order valence-electron chi connectivity index (χ1n) is 2.75. The van der Waals surface area contributed by atoms with Crippen molar-refractivity contribution < 1.29 is 31.1 Å². The summed E-state index contributed by atoms with van der Waals surface area (Å²) < 4.78 is 73.4. The van der Waals surface area contributed by atoms with Crippen molar-refractivity contribution in [3.63, 3.8) is 0 Å². The van der Waals surface area contributed by atoms with Gasteiger partial charge in [-0.2, -0.15) is 22.0 Å². The van der Waals surface area contributed by atoms with Gasteiger partial charge in [-0.05, 0) is 0 Å². The summed E-state index contributed by atoms with van der Waals surface area (Å²) in [4.78, 5) is 0. The Morgan fingerprint density at radius 1 is 1.00 bits per heavy atom. The molecule has 0 amide bonds. The third-order valence-corrected chi connectivity index (χ3v) is 0.883. The minimum absolute atomic E-state index is 2.11. The zero-order chi connectivity index (χ0) is 10.9. The molecule has 0 aliphatic rings. The molecule has 0 saturated carbocycles. The molecule has 0 aromatic rings. The first kappa shape index (κ1) is 11.9. The van der Waals surface area contributed by atoms with Crippen molar-refractivity contribution >= 4 is 0 Å². The van der Waals surface area contributed by atoms with Gasteiger partial charge >= 0.3 is 12.3 Å². The third kappa shape index (κ3) is 3.39. The Labute approximate surface area is 69.3 Å². The molecule has 0 atom stereocenters. The Hall–Kier alpha value is -1.14. The molecule has 0 aliphatic heterocycles. The molecular formula is C6H4F6O. The fourth-order valence-corrected chi connectivity index (χ4v) is 0.268. The van der Waals surface area contributed by atoms with Crippen molar-refractivity contribution in [2.24, 2.45) is 0 Å².